The van der Waals surface area contributed by atoms with Crippen LogP contribution in [0.25, 0.3) is 6.08 Å². The molecule has 3 rings (SSSR count). The molecule has 0 atom stereocenters. The molecular formula is C20H19N3O7S2. The van der Waals surface area contributed by atoms with Crippen molar-refractivity contribution in [3.63, 3.8) is 0 Å². The van der Waals surface area contributed by atoms with Crippen LogP contribution in [0, 0.1) is 17.0 Å². The van der Waals surface area contributed by atoms with Crippen molar-refractivity contribution in [2.45, 2.75) is 11.8 Å². The summed E-state index contributed by atoms with van der Waals surface area (Å²) in [5.41, 5.74) is 0.685. The van der Waals surface area contributed by atoms with Gasteiger partial charge in [0.1, 0.15) is 0 Å². The van der Waals surface area contributed by atoms with Crippen molar-refractivity contribution in [3.05, 3.63) is 62.5 Å². The fourth-order valence-electron chi connectivity index (χ4n) is 2.80. The number of amidine groups is 1. The van der Waals surface area contributed by atoms with Gasteiger partial charge in [0.25, 0.3) is 21.6 Å². The minimum Gasteiger partial charge on any atom is -0.493 e. The van der Waals surface area contributed by atoms with Crippen LogP contribution in [0.2, 0.25) is 0 Å². The minimum absolute atomic E-state index is 0.00925. The Morgan fingerprint density at radius 2 is 1.72 bits per heavy atom. The van der Waals surface area contributed by atoms with Crippen LogP contribution >= 0.6 is 11.8 Å². The Bertz CT molecular complexity index is 1250. The highest BCUT2D eigenvalue weighted by Gasteiger charge is 2.33. The fourth-order valence-corrected chi connectivity index (χ4v) is 4.98. The van der Waals surface area contributed by atoms with Gasteiger partial charge in [-0.2, -0.15) is 8.42 Å². The first-order valence-corrected chi connectivity index (χ1v) is 11.3. The zero-order valence-electron chi connectivity index (χ0n) is 17.6. The van der Waals surface area contributed by atoms with Gasteiger partial charge in [-0.1, -0.05) is 17.7 Å². The summed E-state index contributed by atoms with van der Waals surface area (Å²) >= 11 is 0.804. The number of rotatable bonds is 6. The van der Waals surface area contributed by atoms with Gasteiger partial charge in [-0.05, 0) is 43.0 Å². The summed E-state index contributed by atoms with van der Waals surface area (Å²) in [5, 5.41) is 11.5. The lowest BCUT2D eigenvalue weighted by Crippen LogP contribution is -2.24. The van der Waals surface area contributed by atoms with Gasteiger partial charge in [0, 0.05) is 7.05 Å². The fraction of sp³-hybridized carbons (Fsp3) is 0.200. The van der Waals surface area contributed by atoms with Gasteiger partial charge in [-0.25, -0.2) is 0 Å². The summed E-state index contributed by atoms with van der Waals surface area (Å²) < 4.78 is 39.3. The molecule has 0 saturated carbocycles. The van der Waals surface area contributed by atoms with Gasteiger partial charge in [0.2, 0.25) is 0 Å². The zero-order valence-corrected chi connectivity index (χ0v) is 19.2. The van der Waals surface area contributed by atoms with E-state index in [0.717, 1.165) is 22.2 Å². The molecule has 168 valence electrons. The molecule has 0 spiro atoms. The van der Waals surface area contributed by atoms with Crippen LogP contribution in [-0.4, -0.2) is 50.6 Å². The number of amides is 1. The second kappa shape index (κ2) is 9.01. The maximum absolute atomic E-state index is 12.7. The number of likely N-dealkylation sites (N-methyl/N-ethyl adjacent to an activating group) is 1. The number of nitro benzene ring substituents is 1. The van der Waals surface area contributed by atoms with Crippen molar-refractivity contribution in [1.29, 1.82) is 0 Å². The van der Waals surface area contributed by atoms with E-state index >= 15 is 0 Å². The molecule has 1 amide bonds. The summed E-state index contributed by atoms with van der Waals surface area (Å²) in [4.78, 5) is 24.7. The molecule has 2 aromatic rings. The molecule has 2 aromatic carbocycles. The summed E-state index contributed by atoms with van der Waals surface area (Å²) in [6, 6.07) is 8.71. The number of hydrogen-bond donors (Lipinski definition) is 0. The highest BCUT2D eigenvalue weighted by atomic mass is 32.2. The molecule has 1 heterocycles. The van der Waals surface area contributed by atoms with Gasteiger partial charge < -0.3 is 9.47 Å². The molecule has 0 unspecified atom stereocenters. The third-order valence-corrected chi connectivity index (χ3v) is 6.99. The first-order valence-electron chi connectivity index (χ1n) is 9.07. The van der Waals surface area contributed by atoms with Crippen LogP contribution in [0.5, 0.6) is 11.5 Å². The number of nitro groups is 1. The van der Waals surface area contributed by atoms with Crippen molar-refractivity contribution in [3.8, 4) is 11.5 Å². The van der Waals surface area contributed by atoms with Gasteiger partial charge in [-0.15, -0.1) is 4.40 Å². The van der Waals surface area contributed by atoms with Crippen LogP contribution in [-0.2, 0) is 14.8 Å². The quantitative estimate of drug-likeness (QED) is 0.352. The van der Waals surface area contributed by atoms with Crippen LogP contribution < -0.4 is 9.47 Å². The van der Waals surface area contributed by atoms with E-state index < -0.39 is 20.9 Å². The number of thioether (sulfide) groups is 1. The number of aryl methyl sites for hydroxylation is 1. The maximum Gasteiger partial charge on any atom is 0.284 e. The average Bonchev–Trinajstić information content (AvgIpc) is 3.00. The molecule has 0 radical (unpaired) electrons. The van der Waals surface area contributed by atoms with E-state index in [2.05, 4.69) is 4.40 Å². The Hall–Kier alpha value is -3.38. The predicted molar refractivity (Wildman–Crippen MR) is 120 cm³/mol. The zero-order chi connectivity index (χ0) is 23.6. The summed E-state index contributed by atoms with van der Waals surface area (Å²) in [7, 11) is 0.0535. The van der Waals surface area contributed by atoms with Gasteiger partial charge in [-0.3, -0.25) is 19.8 Å². The van der Waals surface area contributed by atoms with E-state index in [9.17, 15) is 23.3 Å². The molecule has 0 aliphatic carbocycles. The van der Waals surface area contributed by atoms with Crippen molar-refractivity contribution < 1.29 is 27.6 Å². The van der Waals surface area contributed by atoms with Gasteiger partial charge in [0.05, 0.1) is 40.6 Å². The highest BCUT2D eigenvalue weighted by Crippen LogP contribution is 2.38. The smallest absolute Gasteiger partial charge is 0.284 e. The number of ether oxygens (including phenoxy) is 2. The third kappa shape index (κ3) is 4.60. The Labute approximate surface area is 188 Å². The normalized spacial score (nSPS) is 16.6. The third-order valence-electron chi connectivity index (χ3n) is 4.54. The first kappa shape index (κ1) is 23.3. The molecule has 12 heteroatoms. The molecule has 1 fully saturated rings. The van der Waals surface area contributed by atoms with Crippen molar-refractivity contribution in [1.82, 2.24) is 4.90 Å². The molecule has 1 saturated heterocycles. The van der Waals surface area contributed by atoms with E-state index in [1.165, 1.54) is 51.6 Å². The summed E-state index contributed by atoms with van der Waals surface area (Å²) in [5.74, 6) is -0.142. The topological polar surface area (TPSA) is 128 Å². The summed E-state index contributed by atoms with van der Waals surface area (Å²) in [6.45, 7) is 1.83. The van der Waals surface area contributed by atoms with E-state index in [1.54, 1.807) is 12.1 Å². The number of carbonyl (C=O) groups excluding carboxylic acids is 1. The van der Waals surface area contributed by atoms with Crippen molar-refractivity contribution in [2.24, 2.45) is 4.40 Å². The van der Waals surface area contributed by atoms with E-state index in [-0.39, 0.29) is 37.7 Å². The van der Waals surface area contributed by atoms with E-state index in [0.29, 0.717) is 0 Å². The van der Waals surface area contributed by atoms with Crippen LogP contribution in [0.1, 0.15) is 11.1 Å². The number of benzene rings is 2. The molecule has 0 bridgehead atoms. The molecule has 32 heavy (non-hydrogen) atoms. The molecule has 1 aliphatic heterocycles. The van der Waals surface area contributed by atoms with E-state index in [1.807, 2.05) is 6.92 Å². The van der Waals surface area contributed by atoms with Crippen LogP contribution in [0.4, 0.5) is 5.69 Å². The number of sulfonamides is 1. The number of hydrogen-bond acceptors (Lipinski definition) is 8. The predicted octanol–water partition coefficient (Wildman–Crippen LogP) is 3.21. The first-order chi connectivity index (χ1) is 15.1. The molecular weight excluding hydrogens is 458 g/mol. The van der Waals surface area contributed by atoms with Gasteiger partial charge in [0.15, 0.2) is 16.7 Å². The molecule has 10 nitrogen and oxygen atoms in total. The second-order valence-corrected chi connectivity index (χ2v) is 9.27. The minimum atomic E-state index is -4.05. The molecule has 1 aliphatic rings. The monoisotopic (exact) mass is 477 g/mol. The second-order valence-electron chi connectivity index (χ2n) is 6.66. The van der Waals surface area contributed by atoms with E-state index in [4.69, 9.17) is 9.47 Å². The Morgan fingerprint density at radius 1 is 1.12 bits per heavy atom. The summed E-state index contributed by atoms with van der Waals surface area (Å²) in [6.07, 6.45) is 1.30. The lowest BCUT2D eigenvalue weighted by Gasteiger charge is -2.09. The van der Waals surface area contributed by atoms with Crippen molar-refractivity contribution >= 4 is 44.6 Å². The number of carbonyl (C=O) groups is 1. The molecule has 0 aromatic heterocycles. The highest BCUT2D eigenvalue weighted by molar-refractivity contribution is 8.19. The Kier molecular flexibility index (Phi) is 6.55. The van der Waals surface area contributed by atoms with Crippen LogP contribution in [0.15, 0.2) is 50.6 Å². The largest absolute Gasteiger partial charge is 0.493 e. The maximum atomic E-state index is 12.7. The SMILES string of the molecule is COc1cc(/C=C2/S/C(=N\S(=O)(=O)c3ccc(C)cc3)N(C)C2=O)c([N+](=O)[O-])cc1OC. The standard InChI is InChI=1S/C20H19N3O7S2/c1-12-5-7-14(8-6-12)32(27,28)21-20-22(2)19(24)18(31-20)10-13-9-16(29-3)17(30-4)11-15(13)23(25)26/h5-11H,1-4H3/b18-10+,21-20-. The number of methoxy groups -OCH3 is 2. The van der Waals surface area contributed by atoms with Gasteiger partial charge >= 0.3 is 0 Å². The lowest BCUT2D eigenvalue weighted by atomic mass is 10.1. The molecule has 0 N–H and O–H groups in total. The average molecular weight is 478 g/mol. The Morgan fingerprint density at radius 3 is 2.28 bits per heavy atom. The Balaban J connectivity index is 2.03. The number of nitrogens with zero attached hydrogens (tertiary/aromatic N) is 3. The van der Waals surface area contributed by atoms with Crippen LogP contribution in [0.3, 0.4) is 0 Å². The van der Waals surface area contributed by atoms with Crippen molar-refractivity contribution in [2.75, 3.05) is 21.3 Å². The lowest BCUT2D eigenvalue weighted by molar-refractivity contribution is -0.385.